The first-order valence-electron chi connectivity index (χ1n) is 5.52. The molecule has 3 heteroatoms. The topological polar surface area (TPSA) is 18.5 Å². The van der Waals surface area contributed by atoms with E-state index < -0.39 is 0 Å². The predicted molar refractivity (Wildman–Crippen MR) is 69.5 cm³/mol. The number of alkyl halides is 1. The van der Waals surface area contributed by atoms with Crippen LogP contribution in [0.15, 0.2) is 24.3 Å². The second kappa shape index (κ2) is 5.94. The van der Waals surface area contributed by atoms with E-state index in [1.807, 2.05) is 12.1 Å². The van der Waals surface area contributed by atoms with Gasteiger partial charge in [0.05, 0.1) is 13.2 Å². The second-order valence-corrected chi connectivity index (χ2v) is 4.43. The molecule has 1 aromatic carbocycles. The molecule has 1 aliphatic rings. The Labute approximate surface area is 104 Å². The van der Waals surface area contributed by atoms with Crippen molar-refractivity contribution in [2.24, 2.45) is 0 Å². The molecule has 1 heterocycles. The number of benzene rings is 1. The molecule has 2 rings (SSSR count). The largest absolute Gasteiger partial charge is 0.490 e. The van der Waals surface area contributed by atoms with E-state index >= 15 is 0 Å². The molecular formula is C13H15BrO2. The summed E-state index contributed by atoms with van der Waals surface area (Å²) in [5, 5.41) is 0.994. The van der Waals surface area contributed by atoms with Crippen LogP contribution in [0.4, 0.5) is 0 Å². The summed E-state index contributed by atoms with van der Waals surface area (Å²) < 4.78 is 11.2. The Balaban J connectivity index is 2.14. The molecule has 0 spiro atoms. The Hall–Kier alpha value is -0.960. The first kappa shape index (κ1) is 11.5. The third-order valence-electron chi connectivity index (χ3n) is 2.36. The fourth-order valence-electron chi connectivity index (χ4n) is 1.57. The number of fused-ring (bicyclic) bond motifs is 1. The van der Waals surface area contributed by atoms with Gasteiger partial charge in [0, 0.05) is 11.8 Å². The van der Waals surface area contributed by atoms with Crippen molar-refractivity contribution >= 4 is 22.0 Å². The van der Waals surface area contributed by atoms with Crippen molar-refractivity contribution in [1.29, 1.82) is 0 Å². The van der Waals surface area contributed by atoms with Gasteiger partial charge in [-0.05, 0) is 24.1 Å². The lowest BCUT2D eigenvalue weighted by atomic mass is 10.2. The van der Waals surface area contributed by atoms with E-state index in [0.717, 1.165) is 48.4 Å². The van der Waals surface area contributed by atoms with Crippen molar-refractivity contribution in [3.05, 3.63) is 29.8 Å². The van der Waals surface area contributed by atoms with Crippen LogP contribution in [0.1, 0.15) is 18.4 Å². The summed E-state index contributed by atoms with van der Waals surface area (Å²) in [4.78, 5) is 0. The van der Waals surface area contributed by atoms with Gasteiger partial charge in [0.15, 0.2) is 11.5 Å². The third kappa shape index (κ3) is 3.01. The van der Waals surface area contributed by atoms with Gasteiger partial charge in [-0.1, -0.05) is 34.1 Å². The fraction of sp³-hybridized carbons (Fsp3) is 0.385. The summed E-state index contributed by atoms with van der Waals surface area (Å²) in [5.41, 5.74) is 1.16. The van der Waals surface area contributed by atoms with E-state index in [9.17, 15) is 0 Å². The summed E-state index contributed by atoms with van der Waals surface area (Å²) in [7, 11) is 0. The summed E-state index contributed by atoms with van der Waals surface area (Å²) in [6.45, 7) is 1.48. The maximum absolute atomic E-state index is 5.63. The Kier molecular flexibility index (Phi) is 4.28. The molecule has 0 fully saturated rings. The van der Waals surface area contributed by atoms with Crippen molar-refractivity contribution in [2.45, 2.75) is 12.8 Å². The maximum Gasteiger partial charge on any atom is 0.161 e. The minimum absolute atomic E-state index is 0.738. The molecule has 0 amide bonds. The molecule has 0 saturated carbocycles. The number of halogens is 1. The maximum atomic E-state index is 5.63. The summed E-state index contributed by atoms with van der Waals surface area (Å²) >= 11 is 3.40. The number of hydrogen-bond donors (Lipinski definition) is 0. The molecule has 0 atom stereocenters. The number of allylic oxidation sites excluding steroid dienone is 1. The van der Waals surface area contributed by atoms with E-state index in [0.29, 0.717) is 0 Å². The van der Waals surface area contributed by atoms with Crippen molar-refractivity contribution in [3.63, 3.8) is 0 Å². The van der Waals surface area contributed by atoms with Crippen LogP contribution in [0.2, 0.25) is 0 Å². The van der Waals surface area contributed by atoms with Crippen LogP contribution in [0.3, 0.4) is 0 Å². The molecule has 86 valence electrons. The molecule has 0 bridgehead atoms. The van der Waals surface area contributed by atoms with Gasteiger partial charge < -0.3 is 9.47 Å². The quantitative estimate of drug-likeness (QED) is 0.788. The van der Waals surface area contributed by atoms with E-state index in [2.05, 4.69) is 34.1 Å². The number of hydrogen-bond acceptors (Lipinski definition) is 2. The van der Waals surface area contributed by atoms with Crippen molar-refractivity contribution in [3.8, 4) is 11.5 Å². The zero-order valence-electron chi connectivity index (χ0n) is 9.12. The average Bonchev–Trinajstić information content (AvgIpc) is 2.54. The molecule has 0 unspecified atom stereocenters. The van der Waals surface area contributed by atoms with Gasteiger partial charge in [0.2, 0.25) is 0 Å². The normalized spacial score (nSPS) is 15.1. The lowest BCUT2D eigenvalue weighted by molar-refractivity contribution is 0.297. The Morgan fingerprint density at radius 3 is 2.81 bits per heavy atom. The molecule has 0 aromatic heterocycles. The van der Waals surface area contributed by atoms with Crippen LogP contribution < -0.4 is 9.47 Å². The minimum atomic E-state index is 0.738. The third-order valence-corrected chi connectivity index (χ3v) is 2.82. The van der Waals surface area contributed by atoms with Crippen LogP contribution >= 0.6 is 15.9 Å². The van der Waals surface area contributed by atoms with E-state index in [4.69, 9.17) is 9.47 Å². The van der Waals surface area contributed by atoms with E-state index in [1.54, 1.807) is 0 Å². The molecule has 1 aromatic rings. The predicted octanol–water partition coefficient (Wildman–Crippen LogP) is 3.65. The van der Waals surface area contributed by atoms with Crippen molar-refractivity contribution in [2.75, 3.05) is 18.5 Å². The molecule has 0 aliphatic carbocycles. The summed E-state index contributed by atoms with van der Waals surface area (Å²) in [5.74, 6) is 1.72. The SMILES string of the molecule is BrCCC=Cc1ccc2c(c1)OCCCO2. The van der Waals surface area contributed by atoms with E-state index in [1.165, 1.54) is 0 Å². The van der Waals surface area contributed by atoms with Gasteiger partial charge in [0.25, 0.3) is 0 Å². The van der Waals surface area contributed by atoms with Crippen LogP contribution in [-0.2, 0) is 0 Å². The monoisotopic (exact) mass is 282 g/mol. The zero-order chi connectivity index (χ0) is 11.2. The lowest BCUT2D eigenvalue weighted by Crippen LogP contribution is -1.97. The van der Waals surface area contributed by atoms with Crippen LogP contribution in [-0.4, -0.2) is 18.5 Å². The van der Waals surface area contributed by atoms with Gasteiger partial charge in [-0.3, -0.25) is 0 Å². The Bertz CT molecular complexity index is 374. The molecule has 2 nitrogen and oxygen atoms in total. The molecule has 1 aliphatic heterocycles. The summed E-state index contributed by atoms with van der Waals surface area (Å²) in [6, 6.07) is 6.07. The van der Waals surface area contributed by atoms with E-state index in [-0.39, 0.29) is 0 Å². The van der Waals surface area contributed by atoms with Crippen molar-refractivity contribution < 1.29 is 9.47 Å². The minimum Gasteiger partial charge on any atom is -0.490 e. The molecule has 0 radical (unpaired) electrons. The zero-order valence-corrected chi connectivity index (χ0v) is 10.7. The molecule has 0 saturated heterocycles. The first-order chi connectivity index (χ1) is 7.90. The first-order valence-corrected chi connectivity index (χ1v) is 6.64. The average molecular weight is 283 g/mol. The highest BCUT2D eigenvalue weighted by Crippen LogP contribution is 2.30. The van der Waals surface area contributed by atoms with Crippen LogP contribution in [0, 0.1) is 0 Å². The second-order valence-electron chi connectivity index (χ2n) is 3.64. The molecule has 16 heavy (non-hydrogen) atoms. The molecular weight excluding hydrogens is 268 g/mol. The van der Waals surface area contributed by atoms with Crippen molar-refractivity contribution in [1.82, 2.24) is 0 Å². The number of ether oxygens (including phenoxy) is 2. The molecule has 0 N–H and O–H groups in total. The Morgan fingerprint density at radius 2 is 2.00 bits per heavy atom. The highest BCUT2D eigenvalue weighted by atomic mass is 79.9. The summed E-state index contributed by atoms with van der Waals surface area (Å²) in [6.07, 6.45) is 6.24. The smallest absolute Gasteiger partial charge is 0.161 e. The Morgan fingerprint density at radius 1 is 1.19 bits per heavy atom. The van der Waals surface area contributed by atoms with Gasteiger partial charge in [0.1, 0.15) is 0 Å². The number of rotatable bonds is 3. The fourth-order valence-corrected chi connectivity index (χ4v) is 1.83. The van der Waals surface area contributed by atoms with Crippen LogP contribution in [0.5, 0.6) is 11.5 Å². The van der Waals surface area contributed by atoms with Crippen LogP contribution in [0.25, 0.3) is 6.08 Å². The standard InChI is InChI=1S/C13H15BrO2/c14-7-2-1-4-11-5-6-12-13(10-11)16-9-3-8-15-12/h1,4-6,10H,2-3,7-9H2. The van der Waals surface area contributed by atoms with Gasteiger partial charge in [-0.15, -0.1) is 0 Å². The van der Waals surface area contributed by atoms with Gasteiger partial charge in [-0.25, -0.2) is 0 Å². The van der Waals surface area contributed by atoms with Gasteiger partial charge >= 0.3 is 0 Å². The highest BCUT2D eigenvalue weighted by Gasteiger charge is 2.09. The lowest BCUT2D eigenvalue weighted by Gasteiger charge is -2.07. The highest BCUT2D eigenvalue weighted by molar-refractivity contribution is 9.09. The van der Waals surface area contributed by atoms with Gasteiger partial charge in [-0.2, -0.15) is 0 Å².